The van der Waals surface area contributed by atoms with Gasteiger partial charge in [0.25, 0.3) is 11.5 Å². The van der Waals surface area contributed by atoms with E-state index in [4.69, 9.17) is 0 Å². The lowest BCUT2D eigenvalue weighted by atomic mass is 9.83. The molecule has 3 aliphatic rings. The third kappa shape index (κ3) is 6.40. The number of hydrogen-bond donors (Lipinski definition) is 2. The smallest absolute Gasteiger partial charge is 0.251 e. The Balaban J connectivity index is 1.23. The summed E-state index contributed by atoms with van der Waals surface area (Å²) in [7, 11) is 0. The number of aromatic nitrogens is 1. The topological polar surface area (TPSA) is 83.4 Å². The van der Waals surface area contributed by atoms with Crippen LogP contribution in [-0.2, 0) is 11.3 Å². The molecule has 2 bridgehead atoms. The number of carbonyl (C=O) groups excluding carboxylic acids is 2. The number of benzene rings is 2. The maximum atomic E-state index is 13.1. The standard InChI is InChI=1S/C35H38N4O3/c40-33(17-14-25-8-3-1-4-9-25)37-30-21-28(35(42)36-19-18-26-10-5-2-6-11-26)15-16-32(30)38-22-27-20-29(24-38)31-12-7-13-34(41)39(31)23-27/h1,3-4,7-10,12-17,21,27,29H,2,5-6,11,18-20,22-24H2,(H,36,42)(H,37,40)/b17-14+/t27-,29+/m1/s1. The van der Waals surface area contributed by atoms with Crippen LogP contribution in [0.25, 0.3) is 6.08 Å². The second kappa shape index (κ2) is 12.6. The van der Waals surface area contributed by atoms with Crippen molar-refractivity contribution in [2.75, 3.05) is 29.9 Å². The highest BCUT2D eigenvalue weighted by Crippen LogP contribution is 2.39. The number of nitrogens with one attached hydrogen (secondary N) is 2. The normalized spacial score (nSPS) is 19.6. The first kappa shape index (κ1) is 27.8. The summed E-state index contributed by atoms with van der Waals surface area (Å²) in [6.45, 7) is 2.81. The molecule has 2 aliphatic heterocycles. The maximum absolute atomic E-state index is 13.1. The Morgan fingerprint density at radius 1 is 0.952 bits per heavy atom. The Labute approximate surface area is 246 Å². The monoisotopic (exact) mass is 562 g/mol. The van der Waals surface area contributed by atoms with Gasteiger partial charge in [-0.3, -0.25) is 14.4 Å². The highest BCUT2D eigenvalue weighted by molar-refractivity contribution is 6.05. The predicted octanol–water partition coefficient (Wildman–Crippen LogP) is 5.74. The summed E-state index contributed by atoms with van der Waals surface area (Å²) >= 11 is 0. The number of fused-ring (bicyclic) bond motifs is 4. The van der Waals surface area contributed by atoms with Gasteiger partial charge < -0.3 is 20.1 Å². The van der Waals surface area contributed by atoms with Crippen LogP contribution in [0.15, 0.2) is 89.2 Å². The van der Waals surface area contributed by atoms with E-state index < -0.39 is 0 Å². The predicted molar refractivity (Wildman–Crippen MR) is 168 cm³/mol. The highest BCUT2D eigenvalue weighted by atomic mass is 16.2. The number of rotatable bonds is 8. The molecule has 2 atom stereocenters. The third-order valence-electron chi connectivity index (χ3n) is 8.68. The number of allylic oxidation sites excluding steroid dienone is 1. The number of amides is 2. The van der Waals surface area contributed by atoms with Crippen molar-refractivity contribution in [1.29, 1.82) is 0 Å². The molecule has 7 heteroatoms. The first-order chi connectivity index (χ1) is 20.5. The number of pyridine rings is 1. The molecule has 216 valence electrons. The minimum atomic E-state index is -0.254. The van der Waals surface area contributed by atoms with Gasteiger partial charge in [-0.15, -0.1) is 0 Å². The summed E-state index contributed by atoms with van der Waals surface area (Å²) in [5, 5.41) is 6.13. The fourth-order valence-electron chi connectivity index (χ4n) is 6.63. The van der Waals surface area contributed by atoms with E-state index in [0.29, 0.717) is 30.3 Å². The minimum Gasteiger partial charge on any atom is -0.369 e. The van der Waals surface area contributed by atoms with Crippen LogP contribution in [-0.4, -0.2) is 36.0 Å². The lowest BCUT2D eigenvalue weighted by Crippen LogP contribution is -2.47. The molecule has 0 unspecified atom stereocenters. The third-order valence-corrected chi connectivity index (χ3v) is 8.68. The van der Waals surface area contributed by atoms with Crippen molar-refractivity contribution in [3.8, 4) is 0 Å². The van der Waals surface area contributed by atoms with E-state index in [0.717, 1.165) is 55.7 Å². The number of hydrogen-bond acceptors (Lipinski definition) is 4. The van der Waals surface area contributed by atoms with Gasteiger partial charge in [0.05, 0.1) is 11.4 Å². The van der Waals surface area contributed by atoms with Crippen LogP contribution >= 0.6 is 0 Å². The average Bonchev–Trinajstić information content (AvgIpc) is 3.01. The van der Waals surface area contributed by atoms with Crippen molar-refractivity contribution in [3.63, 3.8) is 0 Å². The molecule has 1 aromatic heterocycles. The summed E-state index contributed by atoms with van der Waals surface area (Å²) in [4.78, 5) is 41.0. The van der Waals surface area contributed by atoms with Crippen LogP contribution < -0.4 is 21.1 Å². The van der Waals surface area contributed by atoms with Gasteiger partial charge in [-0.2, -0.15) is 0 Å². The summed E-state index contributed by atoms with van der Waals surface area (Å²) in [6.07, 6.45) is 12.3. The van der Waals surface area contributed by atoms with Gasteiger partial charge in [0.15, 0.2) is 0 Å². The van der Waals surface area contributed by atoms with Crippen molar-refractivity contribution in [1.82, 2.24) is 9.88 Å². The Kier molecular flexibility index (Phi) is 8.35. The van der Waals surface area contributed by atoms with E-state index in [1.165, 1.54) is 24.5 Å². The van der Waals surface area contributed by atoms with Crippen LogP contribution in [0.2, 0.25) is 0 Å². The van der Waals surface area contributed by atoms with Gasteiger partial charge in [0.2, 0.25) is 5.91 Å². The number of nitrogens with zero attached hydrogens (tertiary/aromatic N) is 2. The average molecular weight is 563 g/mol. The van der Waals surface area contributed by atoms with Crippen molar-refractivity contribution in [3.05, 3.63) is 112 Å². The molecule has 2 aromatic carbocycles. The fourth-order valence-corrected chi connectivity index (χ4v) is 6.63. The molecule has 6 rings (SSSR count). The van der Waals surface area contributed by atoms with Crippen molar-refractivity contribution in [2.45, 2.75) is 51.0 Å². The zero-order valence-corrected chi connectivity index (χ0v) is 23.9. The maximum Gasteiger partial charge on any atom is 0.251 e. The van der Waals surface area contributed by atoms with Crippen LogP contribution in [0.1, 0.15) is 66.1 Å². The molecule has 0 saturated carbocycles. The second-order valence-corrected chi connectivity index (χ2v) is 11.7. The van der Waals surface area contributed by atoms with E-state index in [1.807, 2.05) is 53.1 Å². The molecule has 2 amide bonds. The molecule has 42 heavy (non-hydrogen) atoms. The summed E-state index contributed by atoms with van der Waals surface area (Å²) in [5.74, 6) is 0.160. The van der Waals surface area contributed by atoms with Crippen LogP contribution in [0.4, 0.5) is 11.4 Å². The van der Waals surface area contributed by atoms with E-state index in [9.17, 15) is 14.4 Å². The Morgan fingerprint density at radius 2 is 1.83 bits per heavy atom. The Bertz CT molecular complexity index is 1570. The summed E-state index contributed by atoms with van der Waals surface area (Å²) in [6, 6.07) is 20.8. The lowest BCUT2D eigenvalue weighted by Gasteiger charge is -2.44. The molecule has 1 aliphatic carbocycles. The quantitative estimate of drug-likeness (QED) is 0.271. The van der Waals surface area contributed by atoms with Gasteiger partial charge in [0.1, 0.15) is 0 Å². The van der Waals surface area contributed by atoms with Gasteiger partial charge in [0, 0.05) is 55.5 Å². The Hall–Kier alpha value is -4.39. The molecular formula is C35H38N4O3. The molecular weight excluding hydrogens is 524 g/mol. The molecule has 1 saturated heterocycles. The molecule has 3 aromatic rings. The largest absolute Gasteiger partial charge is 0.369 e. The van der Waals surface area contributed by atoms with Crippen LogP contribution in [0.5, 0.6) is 0 Å². The van der Waals surface area contributed by atoms with Gasteiger partial charge in [-0.1, -0.05) is 48.0 Å². The first-order valence-corrected chi connectivity index (χ1v) is 15.1. The number of piperidine rings is 1. The summed E-state index contributed by atoms with van der Waals surface area (Å²) < 4.78 is 1.92. The molecule has 0 radical (unpaired) electrons. The minimum absolute atomic E-state index is 0.0592. The molecule has 3 heterocycles. The molecule has 0 spiro atoms. The lowest BCUT2D eigenvalue weighted by molar-refractivity contribution is -0.111. The summed E-state index contributed by atoms with van der Waals surface area (Å²) in [5.41, 5.74) is 5.52. The van der Waals surface area contributed by atoms with Crippen molar-refractivity contribution >= 4 is 29.3 Å². The van der Waals surface area contributed by atoms with Crippen molar-refractivity contribution in [2.24, 2.45) is 5.92 Å². The number of carbonyl (C=O) groups is 2. The first-order valence-electron chi connectivity index (χ1n) is 15.1. The SMILES string of the molecule is O=C(/C=C/c1ccccc1)Nc1cc(C(=O)NCCC2=CCCCC2)ccc1N1C[C@H]2C[C@@H](C1)c1cccc(=O)n1C2. The van der Waals surface area contributed by atoms with Gasteiger partial charge in [-0.25, -0.2) is 0 Å². The van der Waals surface area contributed by atoms with E-state index in [-0.39, 0.29) is 23.3 Å². The number of anilines is 2. The van der Waals surface area contributed by atoms with Crippen LogP contribution in [0.3, 0.4) is 0 Å². The van der Waals surface area contributed by atoms with E-state index >= 15 is 0 Å². The van der Waals surface area contributed by atoms with E-state index in [2.05, 4.69) is 27.7 Å². The van der Waals surface area contributed by atoms with Crippen molar-refractivity contribution < 1.29 is 9.59 Å². The zero-order valence-electron chi connectivity index (χ0n) is 23.9. The molecule has 7 nitrogen and oxygen atoms in total. The second-order valence-electron chi connectivity index (χ2n) is 11.7. The zero-order chi connectivity index (χ0) is 28.9. The van der Waals surface area contributed by atoms with E-state index in [1.54, 1.807) is 18.2 Å². The molecule has 2 N–H and O–H groups in total. The fraction of sp³-hybridized carbons (Fsp3) is 0.343. The molecule has 1 fully saturated rings. The van der Waals surface area contributed by atoms with Crippen LogP contribution in [0, 0.1) is 5.92 Å². The highest BCUT2D eigenvalue weighted by Gasteiger charge is 2.35. The van der Waals surface area contributed by atoms with Gasteiger partial charge >= 0.3 is 0 Å². The Morgan fingerprint density at radius 3 is 2.67 bits per heavy atom. The van der Waals surface area contributed by atoms with Gasteiger partial charge in [-0.05, 0) is 80.3 Å².